The highest BCUT2D eigenvalue weighted by molar-refractivity contribution is 6.06. The van der Waals surface area contributed by atoms with Gasteiger partial charge in [0.2, 0.25) is 0 Å². The van der Waals surface area contributed by atoms with Crippen LogP contribution in [0.2, 0.25) is 0 Å². The van der Waals surface area contributed by atoms with Crippen molar-refractivity contribution in [1.29, 1.82) is 0 Å². The second-order valence-electron chi connectivity index (χ2n) is 7.57. The second-order valence-corrected chi connectivity index (χ2v) is 7.57. The lowest BCUT2D eigenvalue weighted by Gasteiger charge is -2.35. The molecule has 3 N–H and O–H groups in total. The number of anilines is 2. The largest absolute Gasteiger partial charge is 0.397 e. The molecule has 7 nitrogen and oxygen atoms in total. The fourth-order valence-electron chi connectivity index (χ4n) is 3.63. The number of nitrogens with one attached hydrogen (secondary N) is 1. The molecule has 32 heavy (non-hydrogen) atoms. The predicted molar refractivity (Wildman–Crippen MR) is 123 cm³/mol. The molecule has 4 rings (SSSR count). The lowest BCUT2D eigenvalue weighted by molar-refractivity contribution is 0.0535. The lowest BCUT2D eigenvalue weighted by atomic mass is 10.1. The highest BCUT2D eigenvalue weighted by Gasteiger charge is 2.25. The van der Waals surface area contributed by atoms with Gasteiger partial charge in [-0.3, -0.25) is 14.4 Å². The Labute approximate surface area is 186 Å². The van der Waals surface area contributed by atoms with Gasteiger partial charge in [-0.25, -0.2) is 0 Å². The van der Waals surface area contributed by atoms with Gasteiger partial charge in [0.1, 0.15) is 0 Å². The van der Waals surface area contributed by atoms with E-state index < -0.39 is 0 Å². The molecule has 3 aromatic carbocycles. The molecule has 0 aliphatic carbocycles. The highest BCUT2D eigenvalue weighted by Crippen LogP contribution is 2.18. The van der Waals surface area contributed by atoms with Gasteiger partial charge in [0.25, 0.3) is 17.7 Å². The van der Waals surface area contributed by atoms with Crippen molar-refractivity contribution >= 4 is 29.1 Å². The maximum atomic E-state index is 12.9. The Morgan fingerprint density at radius 3 is 1.66 bits per heavy atom. The summed E-state index contributed by atoms with van der Waals surface area (Å²) in [5.74, 6) is -0.432. The summed E-state index contributed by atoms with van der Waals surface area (Å²) in [6.45, 7) is 1.90. The quantitative estimate of drug-likeness (QED) is 0.624. The number of rotatable bonds is 4. The average molecular weight is 428 g/mol. The molecular formula is C25H24N4O3. The van der Waals surface area contributed by atoms with E-state index in [4.69, 9.17) is 5.73 Å². The number of nitrogens with zero attached hydrogens (tertiary/aromatic N) is 2. The first kappa shape index (κ1) is 21.1. The minimum absolute atomic E-state index is 0.0212. The molecule has 1 aliphatic rings. The van der Waals surface area contributed by atoms with Crippen molar-refractivity contribution in [2.24, 2.45) is 0 Å². The van der Waals surface area contributed by atoms with E-state index in [1.807, 2.05) is 18.2 Å². The Hall–Kier alpha value is -4.13. The van der Waals surface area contributed by atoms with Crippen molar-refractivity contribution in [3.05, 3.63) is 95.6 Å². The monoisotopic (exact) mass is 428 g/mol. The molecule has 3 aromatic rings. The van der Waals surface area contributed by atoms with Gasteiger partial charge in [-0.05, 0) is 48.5 Å². The summed E-state index contributed by atoms with van der Waals surface area (Å²) in [4.78, 5) is 41.4. The summed E-state index contributed by atoms with van der Waals surface area (Å²) in [7, 11) is 0. The predicted octanol–water partition coefficient (Wildman–Crippen LogP) is 3.12. The molecule has 1 fully saturated rings. The minimum Gasteiger partial charge on any atom is -0.397 e. The summed E-state index contributed by atoms with van der Waals surface area (Å²) in [5, 5.41) is 2.77. The summed E-state index contributed by atoms with van der Waals surface area (Å²) < 4.78 is 0. The standard InChI is InChI=1S/C25H24N4O3/c26-21-8-4-5-9-22(21)27-23(30)18-10-12-20(13-11-18)25(32)29-16-14-28(15-17-29)24(31)19-6-2-1-3-7-19/h1-13H,14-17,26H2,(H,27,30). The number of carbonyl (C=O) groups is 3. The van der Waals surface area contributed by atoms with Crippen LogP contribution >= 0.6 is 0 Å². The molecule has 0 radical (unpaired) electrons. The van der Waals surface area contributed by atoms with Gasteiger partial charge in [-0.2, -0.15) is 0 Å². The zero-order chi connectivity index (χ0) is 22.5. The number of nitrogen functional groups attached to an aromatic ring is 1. The Bertz CT molecular complexity index is 1120. The van der Waals surface area contributed by atoms with Gasteiger partial charge in [0, 0.05) is 42.9 Å². The average Bonchev–Trinajstić information content (AvgIpc) is 2.85. The van der Waals surface area contributed by atoms with E-state index in [9.17, 15) is 14.4 Å². The van der Waals surface area contributed by atoms with Gasteiger partial charge < -0.3 is 20.9 Å². The summed E-state index contributed by atoms with van der Waals surface area (Å²) >= 11 is 0. The first-order valence-corrected chi connectivity index (χ1v) is 10.4. The van der Waals surface area contributed by atoms with Crippen LogP contribution in [0.25, 0.3) is 0 Å². The number of hydrogen-bond donors (Lipinski definition) is 2. The van der Waals surface area contributed by atoms with Crippen molar-refractivity contribution in [3.63, 3.8) is 0 Å². The van der Waals surface area contributed by atoms with E-state index in [0.29, 0.717) is 54.2 Å². The van der Waals surface area contributed by atoms with Crippen LogP contribution in [0.4, 0.5) is 11.4 Å². The van der Waals surface area contributed by atoms with Gasteiger partial charge >= 0.3 is 0 Å². The number of hydrogen-bond acceptors (Lipinski definition) is 4. The molecule has 0 bridgehead atoms. The fourth-order valence-corrected chi connectivity index (χ4v) is 3.63. The number of nitrogens with two attached hydrogens (primary N) is 1. The number of benzene rings is 3. The van der Waals surface area contributed by atoms with Gasteiger partial charge in [0.15, 0.2) is 0 Å². The maximum Gasteiger partial charge on any atom is 0.255 e. The van der Waals surface area contributed by atoms with E-state index in [1.165, 1.54) is 0 Å². The van der Waals surface area contributed by atoms with Crippen LogP contribution in [0.3, 0.4) is 0 Å². The van der Waals surface area contributed by atoms with E-state index >= 15 is 0 Å². The molecule has 0 atom stereocenters. The Kier molecular flexibility index (Phi) is 6.17. The number of amides is 3. The smallest absolute Gasteiger partial charge is 0.255 e. The van der Waals surface area contributed by atoms with E-state index in [1.54, 1.807) is 70.5 Å². The lowest BCUT2D eigenvalue weighted by Crippen LogP contribution is -2.50. The summed E-state index contributed by atoms with van der Waals surface area (Å²) in [6, 6.07) is 22.7. The van der Waals surface area contributed by atoms with E-state index in [0.717, 1.165) is 0 Å². The van der Waals surface area contributed by atoms with Crippen molar-refractivity contribution < 1.29 is 14.4 Å². The molecule has 1 saturated heterocycles. The normalized spacial score (nSPS) is 13.5. The second kappa shape index (κ2) is 9.34. The molecular weight excluding hydrogens is 404 g/mol. The molecule has 7 heteroatoms. The van der Waals surface area contributed by atoms with E-state index in [-0.39, 0.29) is 17.7 Å². The Balaban J connectivity index is 1.35. The van der Waals surface area contributed by atoms with Crippen LogP contribution in [0, 0.1) is 0 Å². The number of carbonyl (C=O) groups excluding carboxylic acids is 3. The van der Waals surface area contributed by atoms with Crippen molar-refractivity contribution in [3.8, 4) is 0 Å². The van der Waals surface area contributed by atoms with E-state index in [2.05, 4.69) is 5.32 Å². The van der Waals surface area contributed by atoms with Crippen LogP contribution in [0.15, 0.2) is 78.9 Å². The Morgan fingerprint density at radius 2 is 1.09 bits per heavy atom. The van der Waals surface area contributed by atoms with Crippen LogP contribution < -0.4 is 11.1 Å². The molecule has 162 valence electrons. The highest BCUT2D eigenvalue weighted by atomic mass is 16.2. The van der Waals surface area contributed by atoms with Crippen LogP contribution in [-0.2, 0) is 0 Å². The van der Waals surface area contributed by atoms with Gasteiger partial charge in [0.05, 0.1) is 11.4 Å². The molecule has 0 unspecified atom stereocenters. The van der Waals surface area contributed by atoms with Gasteiger partial charge in [-0.1, -0.05) is 30.3 Å². The topological polar surface area (TPSA) is 95.7 Å². The zero-order valence-electron chi connectivity index (χ0n) is 17.5. The molecule has 0 aromatic heterocycles. The van der Waals surface area contributed by atoms with Crippen LogP contribution in [0.5, 0.6) is 0 Å². The molecule has 1 aliphatic heterocycles. The molecule has 3 amide bonds. The Morgan fingerprint density at radius 1 is 0.625 bits per heavy atom. The first-order valence-electron chi connectivity index (χ1n) is 10.4. The number of piperazine rings is 1. The van der Waals surface area contributed by atoms with Crippen molar-refractivity contribution in [1.82, 2.24) is 9.80 Å². The third kappa shape index (κ3) is 4.62. The molecule has 1 heterocycles. The van der Waals surface area contributed by atoms with Crippen LogP contribution in [0.1, 0.15) is 31.1 Å². The first-order chi connectivity index (χ1) is 15.5. The summed E-state index contributed by atoms with van der Waals surface area (Å²) in [5.41, 5.74) is 8.48. The fraction of sp³-hybridized carbons (Fsp3) is 0.160. The van der Waals surface area contributed by atoms with Crippen molar-refractivity contribution in [2.45, 2.75) is 0 Å². The van der Waals surface area contributed by atoms with Crippen LogP contribution in [-0.4, -0.2) is 53.7 Å². The third-order valence-corrected chi connectivity index (χ3v) is 5.48. The zero-order valence-corrected chi connectivity index (χ0v) is 17.5. The molecule has 0 saturated carbocycles. The summed E-state index contributed by atoms with van der Waals surface area (Å²) in [6.07, 6.45) is 0. The number of para-hydroxylation sites is 2. The maximum absolute atomic E-state index is 12.9. The SMILES string of the molecule is Nc1ccccc1NC(=O)c1ccc(C(=O)N2CCN(C(=O)c3ccccc3)CC2)cc1. The minimum atomic E-state index is -0.296. The third-order valence-electron chi connectivity index (χ3n) is 5.48. The van der Waals surface area contributed by atoms with Gasteiger partial charge in [-0.15, -0.1) is 0 Å². The molecule has 0 spiro atoms. The van der Waals surface area contributed by atoms with Crippen molar-refractivity contribution in [2.75, 3.05) is 37.2 Å².